The van der Waals surface area contributed by atoms with Crippen molar-refractivity contribution in [2.75, 3.05) is 6.54 Å². The molecule has 1 aliphatic rings. The smallest absolute Gasteiger partial charge is 0.326 e. The number of halogens is 5. The minimum absolute atomic E-state index is 0.130. The Morgan fingerprint density at radius 3 is 2.24 bits per heavy atom. The van der Waals surface area contributed by atoms with E-state index in [4.69, 9.17) is 5.73 Å². The number of nitrogens with zero attached hydrogens (tertiary/aromatic N) is 1. The second kappa shape index (κ2) is 5.59. The number of carbonyl (C=O) groups is 1. The predicted octanol–water partition coefficient (Wildman–Crippen LogP) is 2.46. The zero-order valence-corrected chi connectivity index (χ0v) is 10.8. The molecule has 0 aliphatic carbocycles. The van der Waals surface area contributed by atoms with Crippen LogP contribution in [0.15, 0.2) is 18.2 Å². The largest absolute Gasteiger partial charge is 0.408 e. The molecule has 1 fully saturated rings. The first-order valence-electron chi connectivity index (χ1n) is 6.28. The maximum Gasteiger partial charge on any atom is 0.408 e. The van der Waals surface area contributed by atoms with Crippen LogP contribution < -0.4 is 5.73 Å². The van der Waals surface area contributed by atoms with E-state index in [2.05, 4.69) is 0 Å². The van der Waals surface area contributed by atoms with Gasteiger partial charge in [-0.15, -0.1) is 0 Å². The summed E-state index contributed by atoms with van der Waals surface area (Å²) < 4.78 is 65.1. The highest BCUT2D eigenvalue weighted by atomic mass is 19.4. The zero-order chi connectivity index (χ0) is 15.8. The summed E-state index contributed by atoms with van der Waals surface area (Å²) in [7, 11) is 0. The van der Waals surface area contributed by atoms with Crippen LogP contribution in [-0.2, 0) is 0 Å². The number of hydrogen-bond donors (Lipinski definition) is 1. The van der Waals surface area contributed by atoms with Gasteiger partial charge in [0.1, 0.15) is 17.7 Å². The highest BCUT2D eigenvalue weighted by Gasteiger charge is 2.47. The van der Waals surface area contributed by atoms with Crippen molar-refractivity contribution in [3.05, 3.63) is 35.4 Å². The highest BCUT2D eigenvalue weighted by molar-refractivity contribution is 5.94. The lowest BCUT2D eigenvalue weighted by Gasteiger charge is -2.39. The molecule has 2 N–H and O–H groups in total. The molecule has 0 aromatic heterocycles. The maximum atomic E-state index is 13.1. The molecule has 1 heterocycles. The number of nitrogens with two attached hydrogens (primary N) is 1. The fraction of sp³-hybridized carbons (Fsp3) is 0.462. The first-order valence-corrected chi connectivity index (χ1v) is 6.28. The van der Waals surface area contributed by atoms with Gasteiger partial charge in [0.25, 0.3) is 5.91 Å². The number of hydrogen-bond acceptors (Lipinski definition) is 2. The molecule has 1 amide bonds. The molecular formula is C13H13F5N2O. The molecule has 2 atom stereocenters. The molecule has 116 valence electrons. The number of carbonyl (C=O) groups excluding carboxylic acids is 1. The summed E-state index contributed by atoms with van der Waals surface area (Å²) in [6.45, 7) is -0.304. The molecule has 0 saturated carbocycles. The molecule has 2 rings (SSSR count). The quantitative estimate of drug-likeness (QED) is 0.810. The summed E-state index contributed by atoms with van der Waals surface area (Å²) >= 11 is 0. The van der Waals surface area contributed by atoms with Crippen molar-refractivity contribution < 1.29 is 26.7 Å². The van der Waals surface area contributed by atoms with Crippen LogP contribution in [0, 0.1) is 11.6 Å². The van der Waals surface area contributed by atoms with Crippen molar-refractivity contribution in [3.8, 4) is 0 Å². The average Bonchev–Trinajstić information content (AvgIpc) is 2.35. The fourth-order valence-corrected chi connectivity index (χ4v) is 2.41. The third-order valence-electron chi connectivity index (χ3n) is 3.37. The van der Waals surface area contributed by atoms with Crippen molar-refractivity contribution in [2.45, 2.75) is 31.1 Å². The molecule has 3 nitrogen and oxygen atoms in total. The number of rotatable bonds is 1. The van der Waals surface area contributed by atoms with E-state index < -0.39 is 41.4 Å². The summed E-state index contributed by atoms with van der Waals surface area (Å²) in [4.78, 5) is 12.7. The minimum Gasteiger partial charge on any atom is -0.326 e. The Labute approximate surface area is 117 Å². The number of alkyl halides is 3. The molecule has 0 radical (unpaired) electrons. The third-order valence-corrected chi connectivity index (χ3v) is 3.37. The lowest BCUT2D eigenvalue weighted by atomic mass is 9.97. The van der Waals surface area contributed by atoms with Gasteiger partial charge < -0.3 is 10.6 Å². The van der Waals surface area contributed by atoms with Crippen LogP contribution in [-0.4, -0.2) is 35.6 Å². The summed E-state index contributed by atoms with van der Waals surface area (Å²) in [6.07, 6.45) is -4.80. The van der Waals surface area contributed by atoms with Gasteiger partial charge in [0.15, 0.2) is 0 Å². The molecule has 1 aromatic carbocycles. The lowest BCUT2D eigenvalue weighted by molar-refractivity contribution is -0.184. The first-order chi connectivity index (χ1) is 9.68. The molecular weight excluding hydrogens is 295 g/mol. The third kappa shape index (κ3) is 3.49. The van der Waals surface area contributed by atoms with Gasteiger partial charge in [-0.2, -0.15) is 13.2 Å². The predicted molar refractivity (Wildman–Crippen MR) is 64.4 cm³/mol. The van der Waals surface area contributed by atoms with E-state index in [1.807, 2.05) is 0 Å². The van der Waals surface area contributed by atoms with Gasteiger partial charge in [0.05, 0.1) is 0 Å². The zero-order valence-electron chi connectivity index (χ0n) is 10.8. The van der Waals surface area contributed by atoms with Gasteiger partial charge in [-0.05, 0) is 25.0 Å². The van der Waals surface area contributed by atoms with E-state index in [-0.39, 0.29) is 19.4 Å². The summed E-state index contributed by atoms with van der Waals surface area (Å²) in [5, 5.41) is 0. The van der Waals surface area contributed by atoms with E-state index in [1.165, 1.54) is 0 Å². The molecule has 0 spiro atoms. The van der Waals surface area contributed by atoms with Crippen LogP contribution in [0.4, 0.5) is 22.0 Å². The van der Waals surface area contributed by atoms with Crippen molar-refractivity contribution in [2.24, 2.45) is 5.73 Å². The van der Waals surface area contributed by atoms with E-state index >= 15 is 0 Å². The second-order valence-electron chi connectivity index (χ2n) is 5.01. The van der Waals surface area contributed by atoms with Gasteiger partial charge in [-0.1, -0.05) is 0 Å². The van der Waals surface area contributed by atoms with Crippen LogP contribution in [0.5, 0.6) is 0 Å². The van der Waals surface area contributed by atoms with Gasteiger partial charge in [-0.3, -0.25) is 4.79 Å². The Balaban J connectivity index is 2.33. The Morgan fingerprint density at radius 2 is 1.71 bits per heavy atom. The molecule has 2 unspecified atom stereocenters. The monoisotopic (exact) mass is 308 g/mol. The topological polar surface area (TPSA) is 46.3 Å². The van der Waals surface area contributed by atoms with Crippen LogP contribution in [0.2, 0.25) is 0 Å². The Morgan fingerprint density at radius 1 is 1.14 bits per heavy atom. The van der Waals surface area contributed by atoms with Gasteiger partial charge >= 0.3 is 6.18 Å². The highest BCUT2D eigenvalue weighted by Crippen LogP contribution is 2.32. The minimum atomic E-state index is -4.61. The van der Waals surface area contributed by atoms with Crippen molar-refractivity contribution >= 4 is 5.91 Å². The van der Waals surface area contributed by atoms with E-state index in [1.54, 1.807) is 0 Å². The second-order valence-corrected chi connectivity index (χ2v) is 5.01. The standard InChI is InChI=1S/C13H13F5N2O/c14-8-3-7(4-9(15)5-8)12(21)20-6-10(19)1-2-11(20)13(16,17)18/h3-5,10-11H,1-2,6,19H2. The summed E-state index contributed by atoms with van der Waals surface area (Å²) in [6, 6.07) is -0.625. The fourth-order valence-electron chi connectivity index (χ4n) is 2.41. The molecule has 21 heavy (non-hydrogen) atoms. The Bertz CT molecular complexity index is 526. The van der Waals surface area contributed by atoms with Crippen molar-refractivity contribution in [1.29, 1.82) is 0 Å². The van der Waals surface area contributed by atoms with E-state index in [0.717, 1.165) is 0 Å². The molecule has 1 saturated heterocycles. The summed E-state index contributed by atoms with van der Waals surface area (Å²) in [5.41, 5.74) is 5.13. The summed E-state index contributed by atoms with van der Waals surface area (Å²) in [5.74, 6) is -3.13. The van der Waals surface area contributed by atoms with Crippen LogP contribution in [0.3, 0.4) is 0 Å². The Hall–Kier alpha value is -1.70. The van der Waals surface area contributed by atoms with Gasteiger partial charge in [-0.25, -0.2) is 8.78 Å². The first kappa shape index (κ1) is 15.7. The maximum absolute atomic E-state index is 13.1. The van der Waals surface area contributed by atoms with Crippen LogP contribution in [0.25, 0.3) is 0 Å². The SMILES string of the molecule is NC1CCC(C(F)(F)F)N(C(=O)c2cc(F)cc(F)c2)C1. The average molecular weight is 308 g/mol. The van der Waals surface area contributed by atoms with Gasteiger partial charge in [0, 0.05) is 24.2 Å². The van der Waals surface area contributed by atoms with Crippen LogP contribution in [0.1, 0.15) is 23.2 Å². The normalized spacial score (nSPS) is 23.2. The molecule has 0 bridgehead atoms. The number of amides is 1. The number of benzene rings is 1. The van der Waals surface area contributed by atoms with E-state index in [0.29, 0.717) is 23.1 Å². The van der Waals surface area contributed by atoms with E-state index in [9.17, 15) is 26.7 Å². The lowest BCUT2D eigenvalue weighted by Crippen LogP contribution is -2.56. The Kier molecular flexibility index (Phi) is 4.18. The van der Waals surface area contributed by atoms with Gasteiger partial charge in [0.2, 0.25) is 0 Å². The molecule has 1 aliphatic heterocycles. The molecule has 1 aromatic rings. The van der Waals surface area contributed by atoms with Crippen LogP contribution >= 0.6 is 0 Å². The number of piperidine rings is 1. The van der Waals surface area contributed by atoms with Crippen molar-refractivity contribution in [1.82, 2.24) is 4.90 Å². The number of likely N-dealkylation sites (tertiary alicyclic amines) is 1. The molecule has 8 heteroatoms. The van der Waals surface area contributed by atoms with Crippen molar-refractivity contribution in [3.63, 3.8) is 0 Å².